The second-order valence-corrected chi connectivity index (χ2v) is 4.81. The van der Waals surface area contributed by atoms with E-state index in [0.717, 1.165) is 0 Å². The molecule has 1 saturated heterocycles. The van der Waals surface area contributed by atoms with Crippen molar-refractivity contribution < 1.29 is 24.5 Å². The Labute approximate surface area is 110 Å². The molecule has 18 heavy (non-hydrogen) atoms. The van der Waals surface area contributed by atoms with Gasteiger partial charge < -0.3 is 24.7 Å². The summed E-state index contributed by atoms with van der Waals surface area (Å²) in [6.07, 6.45) is 0. The van der Waals surface area contributed by atoms with Gasteiger partial charge >= 0.3 is 12.0 Å². The van der Waals surface area contributed by atoms with E-state index in [1.807, 2.05) is 0 Å². The minimum atomic E-state index is -0.996. The van der Waals surface area contributed by atoms with Gasteiger partial charge in [0.25, 0.3) is 0 Å². The number of ether oxygens (including phenoxy) is 1. The summed E-state index contributed by atoms with van der Waals surface area (Å²) in [4.78, 5) is 25.9. The molecule has 0 aromatic carbocycles. The monoisotopic (exact) mass is 278 g/mol. The number of amides is 2. The fourth-order valence-electron chi connectivity index (χ4n) is 1.64. The number of hydrogen-bond acceptors (Lipinski definition) is 5. The zero-order valence-corrected chi connectivity index (χ0v) is 11.1. The fourth-order valence-corrected chi connectivity index (χ4v) is 2.78. The molecule has 2 amide bonds. The Balaban J connectivity index is 2.65. The second kappa shape index (κ2) is 7.45. The van der Waals surface area contributed by atoms with Crippen LogP contribution in [0.25, 0.3) is 0 Å². The van der Waals surface area contributed by atoms with Gasteiger partial charge in [-0.1, -0.05) is 0 Å². The van der Waals surface area contributed by atoms with Gasteiger partial charge in [0, 0.05) is 26.0 Å². The maximum atomic E-state index is 12.2. The van der Waals surface area contributed by atoms with E-state index >= 15 is 0 Å². The van der Waals surface area contributed by atoms with Crippen LogP contribution in [0.15, 0.2) is 0 Å². The predicted molar refractivity (Wildman–Crippen MR) is 66.5 cm³/mol. The van der Waals surface area contributed by atoms with Crippen molar-refractivity contribution in [1.29, 1.82) is 0 Å². The van der Waals surface area contributed by atoms with Gasteiger partial charge in [-0.25, -0.2) is 9.59 Å². The fraction of sp³-hybridized carbons (Fsp3) is 0.800. The zero-order chi connectivity index (χ0) is 13.5. The van der Waals surface area contributed by atoms with Gasteiger partial charge in [-0.05, 0) is 0 Å². The van der Waals surface area contributed by atoms with E-state index in [2.05, 4.69) is 0 Å². The maximum Gasteiger partial charge on any atom is 0.327 e. The molecule has 0 aromatic heterocycles. The van der Waals surface area contributed by atoms with E-state index in [-0.39, 0.29) is 19.2 Å². The van der Waals surface area contributed by atoms with E-state index in [4.69, 9.17) is 14.9 Å². The molecule has 0 radical (unpaired) electrons. The number of hydrogen-bond donors (Lipinski definition) is 2. The van der Waals surface area contributed by atoms with Crippen LogP contribution < -0.4 is 0 Å². The molecule has 7 nitrogen and oxygen atoms in total. The normalized spacial score (nSPS) is 19.0. The third-order valence-corrected chi connectivity index (χ3v) is 3.63. The third-order valence-electron chi connectivity index (χ3n) is 2.62. The molecule has 104 valence electrons. The molecule has 1 rings (SSSR count). The molecule has 0 bridgehead atoms. The van der Waals surface area contributed by atoms with E-state index in [1.165, 1.54) is 28.7 Å². The van der Waals surface area contributed by atoms with Crippen LogP contribution in [-0.2, 0) is 9.53 Å². The largest absolute Gasteiger partial charge is 0.480 e. The standard InChI is InChI=1S/C10H18N2O5S/c1-17-5-3-11(2-4-13)10(16)12-7-18-6-8(12)9(14)15/h8,13H,2-7H2,1H3,(H,14,15)/t8-/m0/s1. The number of carboxylic acids is 1. The van der Waals surface area contributed by atoms with E-state index in [1.54, 1.807) is 0 Å². The van der Waals surface area contributed by atoms with Crippen LogP contribution >= 0.6 is 11.8 Å². The summed E-state index contributed by atoms with van der Waals surface area (Å²) in [6, 6.07) is -1.15. The van der Waals surface area contributed by atoms with Crippen LogP contribution in [0.4, 0.5) is 4.79 Å². The van der Waals surface area contributed by atoms with Gasteiger partial charge in [-0.2, -0.15) is 0 Å². The molecule has 1 aliphatic rings. The molecule has 1 aliphatic heterocycles. The minimum Gasteiger partial charge on any atom is -0.480 e. The van der Waals surface area contributed by atoms with Gasteiger partial charge in [-0.15, -0.1) is 11.8 Å². The molecule has 1 fully saturated rings. The Bertz CT molecular complexity index is 302. The number of urea groups is 1. The summed E-state index contributed by atoms with van der Waals surface area (Å²) in [5.41, 5.74) is 0. The van der Waals surface area contributed by atoms with Gasteiger partial charge in [-0.3, -0.25) is 0 Å². The summed E-state index contributed by atoms with van der Waals surface area (Å²) in [5, 5.41) is 17.9. The number of aliphatic carboxylic acids is 1. The van der Waals surface area contributed by atoms with Crippen LogP contribution in [-0.4, -0.2) is 83.1 Å². The summed E-state index contributed by atoms with van der Waals surface area (Å²) < 4.78 is 4.89. The lowest BCUT2D eigenvalue weighted by atomic mass is 10.3. The summed E-state index contributed by atoms with van der Waals surface area (Å²) in [6.45, 7) is 0.706. The Hall–Kier alpha value is -0.990. The first-order valence-electron chi connectivity index (χ1n) is 5.57. The number of carbonyl (C=O) groups excluding carboxylic acids is 1. The summed E-state index contributed by atoms with van der Waals surface area (Å²) in [7, 11) is 1.52. The summed E-state index contributed by atoms with van der Waals surface area (Å²) in [5.74, 6) is -0.229. The Kier molecular flexibility index (Phi) is 6.23. The Morgan fingerprint density at radius 3 is 2.78 bits per heavy atom. The molecular formula is C10H18N2O5S. The van der Waals surface area contributed by atoms with Gasteiger partial charge in [0.1, 0.15) is 6.04 Å². The molecule has 2 N–H and O–H groups in total. The highest BCUT2D eigenvalue weighted by molar-refractivity contribution is 7.99. The average molecular weight is 278 g/mol. The quantitative estimate of drug-likeness (QED) is 0.681. The highest BCUT2D eigenvalue weighted by Crippen LogP contribution is 2.22. The van der Waals surface area contributed by atoms with Crippen LogP contribution in [0.2, 0.25) is 0 Å². The van der Waals surface area contributed by atoms with Crippen LogP contribution in [0, 0.1) is 0 Å². The van der Waals surface area contributed by atoms with Crippen molar-refractivity contribution in [2.24, 2.45) is 0 Å². The van der Waals surface area contributed by atoms with E-state index in [0.29, 0.717) is 24.8 Å². The lowest BCUT2D eigenvalue weighted by molar-refractivity contribution is -0.140. The van der Waals surface area contributed by atoms with Gasteiger partial charge in [0.05, 0.1) is 19.1 Å². The molecule has 1 atom stereocenters. The highest BCUT2D eigenvalue weighted by Gasteiger charge is 2.36. The number of thioether (sulfide) groups is 1. The van der Waals surface area contributed by atoms with Crippen LogP contribution in [0.5, 0.6) is 0 Å². The van der Waals surface area contributed by atoms with Crippen molar-refractivity contribution in [3.05, 3.63) is 0 Å². The number of nitrogens with zero attached hydrogens (tertiary/aromatic N) is 2. The number of aliphatic hydroxyl groups excluding tert-OH is 1. The first-order chi connectivity index (χ1) is 8.61. The first kappa shape index (κ1) is 15.1. The van der Waals surface area contributed by atoms with Gasteiger partial charge in [0.15, 0.2) is 0 Å². The minimum absolute atomic E-state index is 0.159. The first-order valence-corrected chi connectivity index (χ1v) is 6.73. The van der Waals surface area contributed by atoms with Crippen molar-refractivity contribution in [3.8, 4) is 0 Å². The maximum absolute atomic E-state index is 12.2. The van der Waals surface area contributed by atoms with Crippen LogP contribution in [0.1, 0.15) is 0 Å². The zero-order valence-electron chi connectivity index (χ0n) is 10.2. The summed E-state index contributed by atoms with van der Waals surface area (Å²) >= 11 is 1.41. The SMILES string of the molecule is COCCN(CCO)C(=O)N1CSC[C@H]1C(=O)O. The van der Waals surface area contributed by atoms with Crippen molar-refractivity contribution in [2.75, 3.05) is 45.0 Å². The molecule has 0 saturated carbocycles. The topological polar surface area (TPSA) is 90.3 Å². The second-order valence-electron chi connectivity index (χ2n) is 3.81. The van der Waals surface area contributed by atoms with Crippen LogP contribution in [0.3, 0.4) is 0 Å². The van der Waals surface area contributed by atoms with Crippen molar-refractivity contribution in [2.45, 2.75) is 6.04 Å². The van der Waals surface area contributed by atoms with E-state index in [9.17, 15) is 9.59 Å². The molecule has 0 spiro atoms. The van der Waals surface area contributed by atoms with Crippen molar-refractivity contribution in [3.63, 3.8) is 0 Å². The number of carboxylic acid groups (broad SMARTS) is 1. The lowest BCUT2D eigenvalue weighted by Crippen LogP contribution is -2.50. The average Bonchev–Trinajstić information content (AvgIpc) is 2.82. The Morgan fingerprint density at radius 2 is 2.22 bits per heavy atom. The van der Waals surface area contributed by atoms with Crippen molar-refractivity contribution in [1.82, 2.24) is 9.80 Å². The molecule has 1 heterocycles. The van der Waals surface area contributed by atoms with E-state index < -0.39 is 12.0 Å². The number of methoxy groups -OCH3 is 1. The lowest BCUT2D eigenvalue weighted by Gasteiger charge is -2.29. The molecule has 0 aromatic rings. The molecule has 8 heteroatoms. The number of carbonyl (C=O) groups is 2. The van der Waals surface area contributed by atoms with Crippen molar-refractivity contribution >= 4 is 23.8 Å². The Morgan fingerprint density at radius 1 is 1.50 bits per heavy atom. The molecular weight excluding hydrogens is 260 g/mol. The third kappa shape index (κ3) is 3.76. The highest BCUT2D eigenvalue weighted by atomic mass is 32.2. The number of aliphatic hydroxyl groups is 1. The molecule has 0 unspecified atom stereocenters. The molecule has 0 aliphatic carbocycles. The predicted octanol–water partition coefficient (Wildman–Crippen LogP) is -0.493. The smallest absolute Gasteiger partial charge is 0.327 e. The van der Waals surface area contributed by atoms with Gasteiger partial charge in [0.2, 0.25) is 0 Å². The number of rotatable bonds is 6.